The summed E-state index contributed by atoms with van der Waals surface area (Å²) in [5.74, 6) is 0. The normalized spacial score (nSPS) is 16.6. The average molecular weight is 786 g/mol. The van der Waals surface area contributed by atoms with Crippen LogP contribution in [0.3, 0.4) is 0 Å². The number of benzene rings is 4. The van der Waals surface area contributed by atoms with Gasteiger partial charge in [0.05, 0.1) is 24.1 Å². The van der Waals surface area contributed by atoms with Crippen molar-refractivity contribution in [3.8, 4) is 0 Å². The minimum Gasteiger partial charge on any atom is -0.247 e. The number of aromatic nitrogens is 5. The molecule has 0 spiro atoms. The number of pyridine rings is 1. The van der Waals surface area contributed by atoms with Gasteiger partial charge in [0.25, 0.3) is 0 Å². The molecule has 0 fully saturated rings. The summed E-state index contributed by atoms with van der Waals surface area (Å²) < 4.78 is 128. The van der Waals surface area contributed by atoms with E-state index in [4.69, 9.17) is 4.98 Å². The molecule has 0 amide bonds. The van der Waals surface area contributed by atoms with E-state index in [1.807, 2.05) is 0 Å². The monoisotopic (exact) mass is 785 g/mol. The van der Waals surface area contributed by atoms with E-state index in [1.165, 1.54) is 44.0 Å². The molecule has 1 aliphatic heterocycles. The van der Waals surface area contributed by atoms with Crippen molar-refractivity contribution in [1.82, 2.24) is 14.1 Å². The van der Waals surface area contributed by atoms with E-state index in [0.717, 1.165) is 50.1 Å². The van der Waals surface area contributed by atoms with Crippen molar-refractivity contribution in [2.24, 2.45) is 0 Å². The van der Waals surface area contributed by atoms with Crippen molar-refractivity contribution in [1.29, 1.82) is 0 Å². The van der Waals surface area contributed by atoms with E-state index >= 15 is 0 Å². The minimum atomic E-state index is -10.7. The van der Waals surface area contributed by atoms with Gasteiger partial charge >= 0.3 is 66.0 Å². The summed E-state index contributed by atoms with van der Waals surface area (Å²) in [6.07, 6.45) is 6.85. The predicted molar refractivity (Wildman–Crippen MR) is 178 cm³/mol. The predicted octanol–water partition coefficient (Wildman–Crippen LogP) is 12.5. The molecule has 4 aromatic carbocycles. The molecule has 5 nitrogen and oxygen atoms in total. The zero-order valence-corrected chi connectivity index (χ0v) is 28.5. The number of fused-ring (bicyclic) bond motifs is 10. The second-order valence-corrected chi connectivity index (χ2v) is 16.3. The number of imidazole rings is 2. The van der Waals surface area contributed by atoms with E-state index in [2.05, 4.69) is 122 Å². The summed E-state index contributed by atoms with van der Waals surface area (Å²) in [7, 11) is -21.3. The fourth-order valence-electron chi connectivity index (χ4n) is 6.29. The largest absolute Gasteiger partial charge is 0.247 e. The molecule has 1 aliphatic rings. The average Bonchev–Trinajstić information content (AvgIpc) is 3.53. The molecule has 7 aromatic rings. The molecule has 280 valence electrons. The fourth-order valence-corrected chi connectivity index (χ4v) is 6.29. The zero-order chi connectivity index (χ0) is 37.9. The molecule has 8 rings (SSSR count). The van der Waals surface area contributed by atoms with Crippen LogP contribution >= 0.6 is 15.6 Å². The van der Waals surface area contributed by atoms with E-state index < -0.39 is 15.6 Å². The molecule has 4 heterocycles. The van der Waals surface area contributed by atoms with E-state index in [0.29, 0.717) is 0 Å². The summed E-state index contributed by atoms with van der Waals surface area (Å²) in [6.45, 7) is 3.61. The van der Waals surface area contributed by atoms with Crippen LogP contribution in [-0.2, 0) is 26.2 Å². The van der Waals surface area contributed by atoms with Crippen molar-refractivity contribution in [3.05, 3.63) is 115 Å². The van der Waals surface area contributed by atoms with Crippen LogP contribution in [0.25, 0.3) is 43.9 Å². The van der Waals surface area contributed by atoms with Crippen LogP contribution < -0.4 is 9.13 Å². The van der Waals surface area contributed by atoms with Crippen LogP contribution in [0.15, 0.2) is 104 Å². The molecular weight excluding hydrogens is 756 g/mol. The van der Waals surface area contributed by atoms with Crippen LogP contribution in [0, 0.1) is 0 Å². The summed E-state index contributed by atoms with van der Waals surface area (Å²) in [5.41, 5.74) is 9.80. The van der Waals surface area contributed by atoms with E-state index in [9.17, 15) is 50.4 Å². The number of hydrogen-bond acceptors (Lipinski definition) is 1. The van der Waals surface area contributed by atoms with Crippen LogP contribution in [0.4, 0.5) is 50.4 Å². The summed E-state index contributed by atoms with van der Waals surface area (Å²) >= 11 is 0. The molecule has 19 heteroatoms. The van der Waals surface area contributed by atoms with Crippen LogP contribution in [0.5, 0.6) is 0 Å². The maximum Gasteiger partial charge on any atom is 0.245 e. The molecular formula is C33H29F12N5P2. The Balaban J connectivity index is 0.000000283. The molecule has 0 unspecified atom stereocenters. The van der Waals surface area contributed by atoms with Gasteiger partial charge < -0.3 is 0 Å². The molecule has 0 N–H and O–H groups in total. The van der Waals surface area contributed by atoms with Crippen LogP contribution in [0.1, 0.15) is 24.0 Å². The van der Waals surface area contributed by atoms with Gasteiger partial charge in [-0.05, 0) is 43.2 Å². The fraction of sp³-hybridized carbons (Fsp3) is 0.182. The molecule has 3 aromatic heterocycles. The first kappa shape index (κ1) is 37.3. The Morgan fingerprint density at radius 3 is 1.23 bits per heavy atom. The van der Waals surface area contributed by atoms with Gasteiger partial charge in [0.1, 0.15) is 13.1 Å². The first-order valence-corrected chi connectivity index (χ1v) is 19.7. The maximum atomic E-state index is 9.87. The second-order valence-electron chi connectivity index (χ2n) is 12.4. The second kappa shape index (κ2) is 11.5. The molecule has 0 aliphatic carbocycles. The maximum absolute atomic E-state index is 10.7. The van der Waals surface area contributed by atoms with Gasteiger partial charge in [-0.3, -0.25) is 0 Å². The Hall–Kier alpha value is -4.49. The molecule has 0 saturated heterocycles. The molecule has 0 radical (unpaired) electrons. The molecule has 0 atom stereocenters. The minimum absolute atomic E-state index is 0.798. The number of para-hydroxylation sites is 6. The van der Waals surface area contributed by atoms with Gasteiger partial charge in [0.2, 0.25) is 12.7 Å². The first-order valence-electron chi connectivity index (χ1n) is 15.6. The van der Waals surface area contributed by atoms with Gasteiger partial charge in [0, 0.05) is 21.9 Å². The SMILES string of the molecule is F[P-](F)(F)(F)(F)F.F[P-](F)(F)(F)(F)F.c1cc2c3nc4c(cccc4cc3c1)C[n+]1cn(c3ccccc31)CCCCn1c[n+](c3ccccc31)C2. The number of hydrogen-bond donors (Lipinski definition) is 0. The Morgan fingerprint density at radius 2 is 0.846 bits per heavy atom. The van der Waals surface area contributed by atoms with Gasteiger partial charge in [-0.2, -0.15) is 0 Å². The number of halogens is 12. The summed E-state index contributed by atoms with van der Waals surface area (Å²) in [6, 6.07) is 33.0. The number of aryl methyl sites for hydroxylation is 2. The molecule has 0 saturated carbocycles. The van der Waals surface area contributed by atoms with Crippen molar-refractivity contribution in [2.45, 2.75) is 39.0 Å². The summed E-state index contributed by atoms with van der Waals surface area (Å²) in [4.78, 5) is 5.36. The van der Waals surface area contributed by atoms with Gasteiger partial charge in [0.15, 0.2) is 22.1 Å². The van der Waals surface area contributed by atoms with Crippen molar-refractivity contribution < 1.29 is 59.5 Å². The van der Waals surface area contributed by atoms with Crippen molar-refractivity contribution in [2.75, 3.05) is 0 Å². The third-order valence-corrected chi connectivity index (χ3v) is 8.12. The Bertz CT molecular complexity index is 2280. The zero-order valence-electron chi connectivity index (χ0n) is 26.7. The van der Waals surface area contributed by atoms with E-state index in [1.54, 1.807) is 0 Å². The Morgan fingerprint density at radius 1 is 0.481 bits per heavy atom. The van der Waals surface area contributed by atoms with Crippen LogP contribution in [0.2, 0.25) is 0 Å². The van der Waals surface area contributed by atoms with Gasteiger partial charge in [-0.15, -0.1) is 0 Å². The van der Waals surface area contributed by atoms with Gasteiger partial charge in [-0.1, -0.05) is 60.7 Å². The number of rotatable bonds is 0. The quantitative estimate of drug-likeness (QED) is 0.0652. The number of nitrogens with zero attached hydrogens (tertiary/aromatic N) is 5. The topological polar surface area (TPSA) is 30.5 Å². The standard InChI is InChI=1S/C33H29N5.2F6P/c1-3-15-30-28(13-1)35-17-5-6-18-36-23-38(31-16-4-2-14-29(31)36)21-27-12-8-10-25-19-24-9-7-11-26(20-37(30)22-35)32(24)34-33(25)27;2*1-7(2,3,4,5)6/h1-4,7-16,19,22-23H,5-6,17-18,20-21H2;;/q+2;2*-1. The Labute approximate surface area is 286 Å². The van der Waals surface area contributed by atoms with Crippen LogP contribution in [-0.4, -0.2) is 14.1 Å². The van der Waals surface area contributed by atoms with E-state index in [-0.39, 0.29) is 0 Å². The first-order chi connectivity index (χ1) is 23.7. The van der Waals surface area contributed by atoms with Crippen molar-refractivity contribution in [3.63, 3.8) is 0 Å². The smallest absolute Gasteiger partial charge is 0.245 e. The molecule has 6 bridgehead atoms. The van der Waals surface area contributed by atoms with Gasteiger partial charge in [-0.25, -0.2) is 23.3 Å². The van der Waals surface area contributed by atoms with Crippen molar-refractivity contribution >= 4 is 59.5 Å². The Kier molecular flexibility index (Phi) is 8.25. The summed E-state index contributed by atoms with van der Waals surface area (Å²) in [5, 5.41) is 2.39. The third-order valence-electron chi connectivity index (χ3n) is 8.12. The third kappa shape index (κ3) is 10.5. The molecule has 52 heavy (non-hydrogen) atoms.